The Kier molecular flexibility index (Phi) is 9.87. The van der Waals surface area contributed by atoms with E-state index in [1.165, 1.54) is 19.3 Å². The second-order valence-electron chi connectivity index (χ2n) is 6.47. The molecule has 0 aromatic rings. The predicted molar refractivity (Wildman–Crippen MR) is 92.3 cm³/mol. The number of hydrogen-bond donors (Lipinski definition) is 1. The first-order valence-corrected chi connectivity index (χ1v) is 7.88. The van der Waals surface area contributed by atoms with Crippen molar-refractivity contribution in [3.05, 3.63) is 0 Å². The van der Waals surface area contributed by atoms with E-state index in [0.29, 0.717) is 11.8 Å². The van der Waals surface area contributed by atoms with Gasteiger partial charge in [0, 0.05) is 19.1 Å². The van der Waals surface area contributed by atoms with Gasteiger partial charge in [0.05, 0.1) is 6.04 Å². The Morgan fingerprint density at radius 3 is 2.19 bits per heavy atom. The summed E-state index contributed by atoms with van der Waals surface area (Å²) < 4.78 is 0. The van der Waals surface area contributed by atoms with E-state index < -0.39 is 0 Å². The molecule has 1 amide bonds. The lowest BCUT2D eigenvalue weighted by atomic mass is 9.96. The highest BCUT2D eigenvalue weighted by atomic mass is 35.5. The van der Waals surface area contributed by atoms with Gasteiger partial charge >= 0.3 is 0 Å². The quantitative estimate of drug-likeness (QED) is 0.858. The van der Waals surface area contributed by atoms with E-state index in [-0.39, 0.29) is 36.9 Å². The summed E-state index contributed by atoms with van der Waals surface area (Å²) in [5.41, 5.74) is 6.01. The minimum absolute atomic E-state index is 0. The summed E-state index contributed by atoms with van der Waals surface area (Å²) in [4.78, 5) is 17.2. The molecule has 0 bridgehead atoms. The number of piperidine rings is 2. The van der Waals surface area contributed by atoms with Crippen LogP contribution in [0.25, 0.3) is 0 Å². The maximum atomic E-state index is 12.8. The molecule has 0 aliphatic carbocycles. The number of nitrogens with zero attached hydrogens (tertiary/aromatic N) is 2. The number of nitrogens with two attached hydrogens (primary N) is 1. The molecule has 21 heavy (non-hydrogen) atoms. The fourth-order valence-electron chi connectivity index (χ4n) is 3.46. The van der Waals surface area contributed by atoms with E-state index in [1.54, 1.807) is 0 Å². The van der Waals surface area contributed by atoms with E-state index in [2.05, 4.69) is 18.7 Å². The first-order chi connectivity index (χ1) is 9.09. The number of hydrogen-bond acceptors (Lipinski definition) is 3. The Bertz CT molecular complexity index is 309. The molecule has 4 nitrogen and oxygen atoms in total. The van der Waals surface area contributed by atoms with Gasteiger partial charge in [-0.1, -0.05) is 20.3 Å². The SMILES string of the molecule is CC(C)C(C(=O)N1CCCC(N)C1)N1CCCCC1.Cl.Cl. The summed E-state index contributed by atoms with van der Waals surface area (Å²) in [6.07, 6.45) is 5.88. The highest BCUT2D eigenvalue weighted by molar-refractivity contribution is 5.85. The van der Waals surface area contributed by atoms with Crippen LogP contribution in [0.4, 0.5) is 0 Å². The van der Waals surface area contributed by atoms with Gasteiger partial charge in [-0.3, -0.25) is 9.69 Å². The molecule has 0 saturated carbocycles. The van der Waals surface area contributed by atoms with Crippen molar-refractivity contribution < 1.29 is 4.79 Å². The molecule has 2 aliphatic rings. The van der Waals surface area contributed by atoms with Crippen molar-refractivity contribution in [1.29, 1.82) is 0 Å². The van der Waals surface area contributed by atoms with Gasteiger partial charge in [-0.05, 0) is 44.7 Å². The predicted octanol–water partition coefficient (Wildman–Crippen LogP) is 2.29. The Labute approximate surface area is 141 Å². The lowest BCUT2D eigenvalue weighted by Gasteiger charge is -2.40. The van der Waals surface area contributed by atoms with Crippen molar-refractivity contribution in [2.45, 2.75) is 58.0 Å². The van der Waals surface area contributed by atoms with Crippen LogP contribution < -0.4 is 5.73 Å². The first-order valence-electron chi connectivity index (χ1n) is 7.88. The van der Waals surface area contributed by atoms with Crippen molar-refractivity contribution >= 4 is 30.7 Å². The van der Waals surface area contributed by atoms with Gasteiger partial charge in [-0.25, -0.2) is 0 Å². The van der Waals surface area contributed by atoms with Crippen molar-refractivity contribution in [1.82, 2.24) is 9.80 Å². The minimum Gasteiger partial charge on any atom is -0.340 e. The van der Waals surface area contributed by atoms with Gasteiger partial charge in [0.1, 0.15) is 0 Å². The van der Waals surface area contributed by atoms with Crippen LogP contribution in [0.15, 0.2) is 0 Å². The van der Waals surface area contributed by atoms with Gasteiger partial charge in [0.15, 0.2) is 0 Å². The summed E-state index contributed by atoms with van der Waals surface area (Å²) in [5.74, 6) is 0.691. The molecule has 2 N–H and O–H groups in total. The maximum Gasteiger partial charge on any atom is 0.240 e. The Morgan fingerprint density at radius 2 is 1.67 bits per heavy atom. The second-order valence-corrected chi connectivity index (χ2v) is 6.47. The zero-order valence-corrected chi connectivity index (χ0v) is 14.9. The number of halogens is 2. The Hall–Kier alpha value is -0.0300. The molecule has 6 heteroatoms. The monoisotopic (exact) mass is 339 g/mol. The van der Waals surface area contributed by atoms with Gasteiger partial charge in [0.2, 0.25) is 5.91 Å². The third-order valence-electron chi connectivity index (χ3n) is 4.44. The normalized spacial score (nSPS) is 25.0. The average Bonchev–Trinajstić information content (AvgIpc) is 2.39. The van der Waals surface area contributed by atoms with Gasteiger partial charge < -0.3 is 10.6 Å². The molecule has 0 spiro atoms. The third-order valence-corrected chi connectivity index (χ3v) is 4.44. The summed E-state index contributed by atoms with van der Waals surface area (Å²) in [7, 11) is 0. The van der Waals surface area contributed by atoms with Gasteiger partial charge in [-0.15, -0.1) is 24.8 Å². The molecule has 126 valence electrons. The average molecular weight is 340 g/mol. The van der Waals surface area contributed by atoms with Crippen LogP contribution in [-0.2, 0) is 4.79 Å². The fourth-order valence-corrected chi connectivity index (χ4v) is 3.46. The van der Waals surface area contributed by atoms with E-state index >= 15 is 0 Å². The van der Waals surface area contributed by atoms with E-state index in [9.17, 15) is 4.79 Å². The highest BCUT2D eigenvalue weighted by Crippen LogP contribution is 2.21. The van der Waals surface area contributed by atoms with Crippen LogP contribution in [0.1, 0.15) is 46.0 Å². The molecule has 2 unspecified atom stereocenters. The smallest absolute Gasteiger partial charge is 0.240 e. The zero-order chi connectivity index (χ0) is 13.8. The lowest BCUT2D eigenvalue weighted by Crippen LogP contribution is -2.56. The maximum absolute atomic E-state index is 12.8. The zero-order valence-electron chi connectivity index (χ0n) is 13.3. The molecular weight excluding hydrogens is 309 g/mol. The molecule has 2 aliphatic heterocycles. The standard InChI is InChI=1S/C15H29N3O.2ClH/c1-12(2)14(17-8-4-3-5-9-17)15(19)18-10-6-7-13(16)11-18;;/h12-14H,3-11,16H2,1-2H3;2*1H. The van der Waals surface area contributed by atoms with Crippen LogP contribution >= 0.6 is 24.8 Å². The molecule has 2 rings (SSSR count). The van der Waals surface area contributed by atoms with Crippen LogP contribution in [0.2, 0.25) is 0 Å². The Morgan fingerprint density at radius 1 is 1.05 bits per heavy atom. The molecule has 2 fully saturated rings. The molecule has 2 saturated heterocycles. The number of amides is 1. The summed E-state index contributed by atoms with van der Waals surface area (Å²) in [6, 6.07) is 0.234. The molecule has 2 atom stereocenters. The molecule has 0 radical (unpaired) electrons. The van der Waals surface area contributed by atoms with E-state index in [4.69, 9.17) is 5.73 Å². The number of carbonyl (C=O) groups is 1. The number of rotatable bonds is 3. The van der Waals surface area contributed by atoms with Crippen molar-refractivity contribution in [2.24, 2.45) is 11.7 Å². The first kappa shape index (κ1) is 21.0. The van der Waals surface area contributed by atoms with Gasteiger partial charge in [0.25, 0.3) is 0 Å². The minimum atomic E-state index is 0. The number of carbonyl (C=O) groups excluding carboxylic acids is 1. The molecule has 2 heterocycles. The second kappa shape index (κ2) is 9.88. The lowest BCUT2D eigenvalue weighted by molar-refractivity contribution is -0.140. The largest absolute Gasteiger partial charge is 0.340 e. The molecular formula is C15H31Cl2N3O. The van der Waals surface area contributed by atoms with E-state index in [0.717, 1.165) is 39.0 Å². The van der Waals surface area contributed by atoms with Crippen molar-refractivity contribution in [2.75, 3.05) is 26.2 Å². The van der Waals surface area contributed by atoms with Crippen LogP contribution in [0.3, 0.4) is 0 Å². The van der Waals surface area contributed by atoms with Crippen LogP contribution in [-0.4, -0.2) is 54.0 Å². The number of likely N-dealkylation sites (tertiary alicyclic amines) is 2. The van der Waals surface area contributed by atoms with E-state index in [1.807, 2.05) is 4.90 Å². The van der Waals surface area contributed by atoms with Crippen LogP contribution in [0.5, 0.6) is 0 Å². The summed E-state index contributed by atoms with van der Waals surface area (Å²) in [6.45, 7) is 8.13. The molecule has 0 aromatic heterocycles. The van der Waals surface area contributed by atoms with Crippen molar-refractivity contribution in [3.8, 4) is 0 Å². The highest BCUT2D eigenvalue weighted by Gasteiger charge is 2.34. The Balaban J connectivity index is 0.00000200. The van der Waals surface area contributed by atoms with Crippen LogP contribution in [0, 0.1) is 5.92 Å². The molecule has 0 aromatic carbocycles. The summed E-state index contributed by atoms with van der Waals surface area (Å²) in [5, 5.41) is 0. The third kappa shape index (κ3) is 5.59. The van der Waals surface area contributed by atoms with Crippen molar-refractivity contribution in [3.63, 3.8) is 0 Å². The summed E-state index contributed by atoms with van der Waals surface area (Å²) >= 11 is 0. The fraction of sp³-hybridized carbons (Fsp3) is 0.933. The van der Waals surface area contributed by atoms with Gasteiger partial charge in [-0.2, -0.15) is 0 Å². The topological polar surface area (TPSA) is 49.6 Å².